The zero-order chi connectivity index (χ0) is 10.8. The van der Waals surface area contributed by atoms with Gasteiger partial charge < -0.3 is 4.42 Å². The Kier molecular flexibility index (Phi) is 3.07. The van der Waals surface area contributed by atoms with E-state index in [4.69, 9.17) is 4.42 Å². The second-order valence-corrected chi connectivity index (χ2v) is 5.18. The first kappa shape index (κ1) is 10.6. The van der Waals surface area contributed by atoms with Crippen LogP contribution < -0.4 is 0 Å². The van der Waals surface area contributed by atoms with Gasteiger partial charge in [-0.1, -0.05) is 0 Å². The van der Waals surface area contributed by atoms with Gasteiger partial charge in [-0.3, -0.25) is 4.79 Å². The quantitative estimate of drug-likeness (QED) is 0.802. The first-order valence-corrected chi connectivity index (χ1v) is 6.14. The second kappa shape index (κ2) is 4.33. The van der Waals surface area contributed by atoms with E-state index in [-0.39, 0.29) is 5.78 Å². The molecule has 0 aromatic carbocycles. The maximum atomic E-state index is 11.8. The first-order valence-electron chi connectivity index (χ1n) is 4.47. The number of ketones is 1. The molecule has 0 radical (unpaired) electrons. The summed E-state index contributed by atoms with van der Waals surface area (Å²) in [5.74, 6) is 0.506. The van der Waals surface area contributed by atoms with Crippen LogP contribution in [0.25, 0.3) is 0 Å². The summed E-state index contributed by atoms with van der Waals surface area (Å²) < 4.78 is 6.17. The van der Waals surface area contributed by atoms with Crippen molar-refractivity contribution < 1.29 is 9.21 Å². The minimum absolute atomic E-state index is 0.0341. The minimum atomic E-state index is 0.0341. The van der Waals surface area contributed by atoms with Gasteiger partial charge in [0.1, 0.15) is 0 Å². The average Bonchev–Trinajstić information content (AvgIpc) is 2.75. The lowest BCUT2D eigenvalue weighted by molar-refractivity contribution is 0.0966. The van der Waals surface area contributed by atoms with Crippen LogP contribution in [0.5, 0.6) is 0 Å². The van der Waals surface area contributed by atoms with Crippen molar-refractivity contribution in [2.75, 3.05) is 0 Å². The fourth-order valence-electron chi connectivity index (χ4n) is 1.34. The van der Waals surface area contributed by atoms with Crippen LogP contribution in [0.4, 0.5) is 0 Å². The lowest BCUT2D eigenvalue weighted by atomic mass is 10.1. The molecule has 0 amide bonds. The highest BCUT2D eigenvalue weighted by Crippen LogP contribution is 2.22. The number of rotatable bonds is 3. The molecule has 0 aliphatic heterocycles. The van der Waals surface area contributed by atoms with Gasteiger partial charge in [0.2, 0.25) is 5.78 Å². The zero-order valence-electron chi connectivity index (χ0n) is 8.12. The van der Waals surface area contributed by atoms with Crippen LogP contribution in [-0.4, -0.2) is 5.78 Å². The number of carbonyl (C=O) groups excluding carboxylic acids is 1. The average molecular weight is 285 g/mol. The zero-order valence-corrected chi connectivity index (χ0v) is 10.5. The fraction of sp³-hybridized carbons (Fsp3) is 0.182. The molecule has 0 saturated carbocycles. The van der Waals surface area contributed by atoms with E-state index < -0.39 is 0 Å². The van der Waals surface area contributed by atoms with Crippen LogP contribution in [0.3, 0.4) is 0 Å². The number of halogens is 1. The molecule has 2 aromatic rings. The SMILES string of the molecule is Cc1ccoc1C(=O)Cc1cc(Br)cs1. The summed E-state index contributed by atoms with van der Waals surface area (Å²) in [5.41, 5.74) is 0.899. The van der Waals surface area contributed by atoms with E-state index in [2.05, 4.69) is 15.9 Å². The van der Waals surface area contributed by atoms with Crippen molar-refractivity contribution in [3.63, 3.8) is 0 Å². The molecular weight excluding hydrogens is 276 g/mol. The van der Waals surface area contributed by atoms with Crippen molar-refractivity contribution >= 4 is 33.0 Å². The predicted octanol–water partition coefficient (Wildman–Crippen LogP) is 3.84. The third-order valence-corrected chi connectivity index (χ3v) is 3.77. The van der Waals surface area contributed by atoms with Crippen molar-refractivity contribution in [2.45, 2.75) is 13.3 Å². The normalized spacial score (nSPS) is 10.5. The Morgan fingerprint density at radius 3 is 2.93 bits per heavy atom. The fourth-order valence-corrected chi connectivity index (χ4v) is 2.79. The summed E-state index contributed by atoms with van der Waals surface area (Å²) >= 11 is 4.93. The molecule has 0 spiro atoms. The standard InChI is InChI=1S/C11H9BrO2S/c1-7-2-3-14-11(7)10(13)5-9-4-8(12)6-15-9/h2-4,6H,5H2,1H3. The van der Waals surface area contributed by atoms with Crippen molar-refractivity contribution in [1.82, 2.24) is 0 Å². The Balaban J connectivity index is 2.14. The van der Waals surface area contributed by atoms with Gasteiger partial charge in [-0.15, -0.1) is 11.3 Å². The molecule has 2 aromatic heterocycles. The summed E-state index contributed by atoms with van der Waals surface area (Å²) in [6, 6.07) is 3.76. The van der Waals surface area contributed by atoms with Crippen molar-refractivity contribution in [2.24, 2.45) is 0 Å². The van der Waals surface area contributed by atoms with Crippen molar-refractivity contribution in [1.29, 1.82) is 0 Å². The van der Waals surface area contributed by atoms with Gasteiger partial charge in [-0.2, -0.15) is 0 Å². The summed E-state index contributed by atoms with van der Waals surface area (Å²) in [6.07, 6.45) is 1.96. The molecule has 0 aliphatic rings. The molecule has 0 atom stereocenters. The minimum Gasteiger partial charge on any atom is -0.461 e. The van der Waals surface area contributed by atoms with E-state index in [1.165, 1.54) is 0 Å². The maximum Gasteiger partial charge on any atom is 0.203 e. The molecule has 0 N–H and O–H groups in total. The molecule has 0 fully saturated rings. The van der Waals surface area contributed by atoms with Gasteiger partial charge in [0.15, 0.2) is 5.76 Å². The maximum absolute atomic E-state index is 11.8. The van der Waals surface area contributed by atoms with E-state index in [9.17, 15) is 4.79 Å². The van der Waals surface area contributed by atoms with Gasteiger partial charge in [0, 0.05) is 21.2 Å². The Bertz CT molecular complexity index is 484. The van der Waals surface area contributed by atoms with E-state index in [0.29, 0.717) is 12.2 Å². The summed E-state index contributed by atoms with van der Waals surface area (Å²) in [7, 11) is 0. The lowest BCUT2D eigenvalue weighted by Gasteiger charge is -1.95. The summed E-state index contributed by atoms with van der Waals surface area (Å²) in [4.78, 5) is 12.8. The number of hydrogen-bond acceptors (Lipinski definition) is 3. The molecule has 2 heterocycles. The van der Waals surface area contributed by atoms with Crippen LogP contribution in [0.15, 0.2) is 32.7 Å². The van der Waals surface area contributed by atoms with Gasteiger partial charge in [-0.25, -0.2) is 0 Å². The van der Waals surface area contributed by atoms with Crippen LogP contribution in [0.1, 0.15) is 21.0 Å². The summed E-state index contributed by atoms with van der Waals surface area (Å²) in [5, 5.41) is 1.97. The van der Waals surface area contributed by atoms with Crippen LogP contribution >= 0.6 is 27.3 Å². The Labute approximate surface area is 100 Å². The molecule has 0 bridgehead atoms. The third-order valence-electron chi connectivity index (χ3n) is 2.07. The van der Waals surface area contributed by atoms with Crippen molar-refractivity contribution in [3.05, 3.63) is 44.4 Å². The first-order chi connectivity index (χ1) is 7.16. The molecule has 15 heavy (non-hydrogen) atoms. The Morgan fingerprint density at radius 2 is 2.40 bits per heavy atom. The number of thiophene rings is 1. The molecule has 0 unspecified atom stereocenters. The highest BCUT2D eigenvalue weighted by molar-refractivity contribution is 9.10. The van der Waals surface area contributed by atoms with E-state index in [0.717, 1.165) is 14.9 Å². The van der Waals surface area contributed by atoms with Crippen molar-refractivity contribution in [3.8, 4) is 0 Å². The molecule has 2 rings (SSSR count). The smallest absolute Gasteiger partial charge is 0.203 e. The summed E-state index contributed by atoms with van der Waals surface area (Å²) in [6.45, 7) is 1.88. The van der Waals surface area contributed by atoms with E-state index in [1.807, 2.05) is 18.4 Å². The van der Waals surface area contributed by atoms with E-state index in [1.54, 1.807) is 23.7 Å². The highest BCUT2D eigenvalue weighted by Gasteiger charge is 2.13. The van der Waals surface area contributed by atoms with Gasteiger partial charge >= 0.3 is 0 Å². The molecule has 2 nitrogen and oxygen atoms in total. The van der Waals surface area contributed by atoms with E-state index >= 15 is 0 Å². The third kappa shape index (κ3) is 2.38. The van der Waals surface area contributed by atoms with Crippen LogP contribution in [-0.2, 0) is 6.42 Å². The topological polar surface area (TPSA) is 30.2 Å². The second-order valence-electron chi connectivity index (χ2n) is 3.26. The number of Topliss-reactive ketones (excluding diaryl/α,β-unsaturated/α-hetero) is 1. The molecule has 4 heteroatoms. The lowest BCUT2D eigenvalue weighted by Crippen LogP contribution is -2.02. The number of furan rings is 1. The number of hydrogen-bond donors (Lipinski definition) is 0. The highest BCUT2D eigenvalue weighted by atomic mass is 79.9. The van der Waals surface area contributed by atoms with Crippen LogP contribution in [0, 0.1) is 6.92 Å². The van der Waals surface area contributed by atoms with Crippen LogP contribution in [0.2, 0.25) is 0 Å². The molecule has 78 valence electrons. The van der Waals surface area contributed by atoms with Gasteiger partial charge in [0.25, 0.3) is 0 Å². The molecular formula is C11H9BrO2S. The molecule has 0 aliphatic carbocycles. The van der Waals surface area contributed by atoms with Gasteiger partial charge in [0.05, 0.1) is 6.26 Å². The predicted molar refractivity (Wildman–Crippen MR) is 63.5 cm³/mol. The number of carbonyl (C=O) groups is 1. The van der Waals surface area contributed by atoms with Gasteiger partial charge in [-0.05, 0) is 40.5 Å². The largest absolute Gasteiger partial charge is 0.461 e. The monoisotopic (exact) mass is 284 g/mol. The Hall–Kier alpha value is -0.870. The molecule has 0 saturated heterocycles. The number of aryl methyl sites for hydroxylation is 1. The Morgan fingerprint density at radius 1 is 1.60 bits per heavy atom.